The molecule has 1 saturated carbocycles. The van der Waals surface area contributed by atoms with Crippen LogP contribution in [0, 0.1) is 5.92 Å². The molecule has 3 nitrogen and oxygen atoms in total. The molecular formula is C13H25NO2. The highest BCUT2D eigenvalue weighted by molar-refractivity contribution is 4.88. The van der Waals surface area contributed by atoms with Crippen molar-refractivity contribution < 1.29 is 9.84 Å². The Morgan fingerprint density at radius 1 is 1.19 bits per heavy atom. The van der Waals surface area contributed by atoms with Crippen LogP contribution in [0.25, 0.3) is 0 Å². The molecule has 0 radical (unpaired) electrons. The molecule has 2 fully saturated rings. The van der Waals surface area contributed by atoms with Crippen molar-refractivity contribution in [2.45, 2.75) is 57.3 Å². The fourth-order valence-corrected chi connectivity index (χ4v) is 3.18. The number of ether oxygens (including phenoxy) is 1. The molecule has 2 rings (SSSR count). The molecule has 1 saturated heterocycles. The maximum Gasteiger partial charge on any atom is 0.0724 e. The van der Waals surface area contributed by atoms with Crippen molar-refractivity contribution in [1.29, 1.82) is 0 Å². The lowest BCUT2D eigenvalue weighted by Gasteiger charge is -2.43. The van der Waals surface area contributed by atoms with E-state index in [1.807, 2.05) is 7.11 Å². The second-order valence-corrected chi connectivity index (χ2v) is 5.45. The topological polar surface area (TPSA) is 32.7 Å². The van der Waals surface area contributed by atoms with Gasteiger partial charge in [-0.1, -0.05) is 19.8 Å². The number of likely N-dealkylation sites (tertiary alicyclic amines) is 1. The predicted octanol–water partition coefficient (Wildman–Crippen LogP) is 1.65. The Labute approximate surface area is 98.8 Å². The van der Waals surface area contributed by atoms with Crippen LogP contribution in [0.3, 0.4) is 0 Å². The van der Waals surface area contributed by atoms with E-state index in [-0.39, 0.29) is 6.10 Å². The maximum atomic E-state index is 10.1. The van der Waals surface area contributed by atoms with Crippen LogP contribution >= 0.6 is 0 Å². The molecule has 2 aliphatic rings. The highest BCUT2D eigenvalue weighted by Gasteiger charge is 2.34. The molecule has 0 aromatic heterocycles. The normalized spacial score (nSPS) is 42.2. The van der Waals surface area contributed by atoms with E-state index >= 15 is 0 Å². The second-order valence-electron chi connectivity index (χ2n) is 5.45. The molecule has 0 aromatic carbocycles. The van der Waals surface area contributed by atoms with Crippen molar-refractivity contribution in [1.82, 2.24) is 4.90 Å². The van der Waals surface area contributed by atoms with Gasteiger partial charge in [0.05, 0.1) is 12.2 Å². The first-order valence-corrected chi connectivity index (χ1v) is 6.67. The molecule has 1 N–H and O–H groups in total. The van der Waals surface area contributed by atoms with E-state index in [1.165, 1.54) is 19.3 Å². The molecule has 1 heterocycles. The molecule has 4 unspecified atom stereocenters. The van der Waals surface area contributed by atoms with Crippen molar-refractivity contribution in [3.8, 4) is 0 Å². The first-order valence-electron chi connectivity index (χ1n) is 6.67. The first kappa shape index (κ1) is 12.3. The summed E-state index contributed by atoms with van der Waals surface area (Å²) in [6.45, 7) is 4.39. The molecule has 0 bridgehead atoms. The summed E-state index contributed by atoms with van der Waals surface area (Å²) in [6, 6.07) is 0.388. The van der Waals surface area contributed by atoms with Crippen LogP contribution < -0.4 is 0 Å². The average Bonchev–Trinajstić information content (AvgIpc) is 2.31. The molecule has 1 aliphatic heterocycles. The molecule has 94 valence electrons. The zero-order chi connectivity index (χ0) is 11.5. The van der Waals surface area contributed by atoms with Crippen molar-refractivity contribution in [3.05, 3.63) is 0 Å². The average molecular weight is 227 g/mol. The molecule has 0 spiro atoms. The van der Waals surface area contributed by atoms with Crippen LogP contribution in [-0.4, -0.2) is 48.5 Å². The van der Waals surface area contributed by atoms with Gasteiger partial charge in [0.25, 0.3) is 0 Å². The van der Waals surface area contributed by atoms with Crippen LogP contribution in [0.1, 0.15) is 39.0 Å². The Hall–Kier alpha value is -0.120. The van der Waals surface area contributed by atoms with Gasteiger partial charge in [0, 0.05) is 19.7 Å². The molecule has 16 heavy (non-hydrogen) atoms. The predicted molar refractivity (Wildman–Crippen MR) is 64.4 cm³/mol. The molecule has 4 atom stereocenters. The van der Waals surface area contributed by atoms with Gasteiger partial charge in [-0.3, -0.25) is 4.90 Å². The largest absolute Gasteiger partial charge is 0.391 e. The Morgan fingerprint density at radius 2 is 1.94 bits per heavy atom. The van der Waals surface area contributed by atoms with Gasteiger partial charge >= 0.3 is 0 Å². The molecule has 1 aliphatic carbocycles. The van der Waals surface area contributed by atoms with Crippen molar-refractivity contribution in [2.75, 3.05) is 20.2 Å². The molecular weight excluding hydrogens is 202 g/mol. The summed E-state index contributed by atoms with van der Waals surface area (Å²) < 4.78 is 5.54. The Kier molecular flexibility index (Phi) is 4.22. The number of aliphatic hydroxyl groups is 1. The summed E-state index contributed by atoms with van der Waals surface area (Å²) in [4.78, 5) is 2.46. The first-order chi connectivity index (χ1) is 7.72. The van der Waals surface area contributed by atoms with E-state index in [0.717, 1.165) is 25.9 Å². The summed E-state index contributed by atoms with van der Waals surface area (Å²) in [5.74, 6) is 0.655. The third-order valence-corrected chi connectivity index (χ3v) is 4.39. The maximum absolute atomic E-state index is 10.1. The van der Waals surface area contributed by atoms with E-state index in [2.05, 4.69) is 11.8 Å². The summed E-state index contributed by atoms with van der Waals surface area (Å²) in [5, 5.41) is 10.1. The van der Waals surface area contributed by atoms with E-state index in [1.54, 1.807) is 0 Å². The highest BCUT2D eigenvalue weighted by atomic mass is 16.5. The van der Waals surface area contributed by atoms with Crippen molar-refractivity contribution in [2.24, 2.45) is 5.92 Å². The van der Waals surface area contributed by atoms with Crippen LogP contribution in [0.15, 0.2) is 0 Å². The lowest BCUT2D eigenvalue weighted by molar-refractivity contribution is -0.0533. The third kappa shape index (κ3) is 2.58. The summed E-state index contributed by atoms with van der Waals surface area (Å²) in [5.41, 5.74) is 0. The van der Waals surface area contributed by atoms with Gasteiger partial charge in [-0.05, 0) is 31.7 Å². The van der Waals surface area contributed by atoms with Gasteiger partial charge in [-0.15, -0.1) is 0 Å². The lowest BCUT2D eigenvalue weighted by atomic mass is 9.88. The summed E-state index contributed by atoms with van der Waals surface area (Å²) in [7, 11) is 1.81. The Balaban J connectivity index is 1.93. The zero-order valence-electron chi connectivity index (χ0n) is 10.6. The number of nitrogens with zero attached hydrogens (tertiary/aromatic N) is 1. The minimum atomic E-state index is -0.111. The SMILES string of the molecule is COC1CN(C2CCCCC2O)CCC1C. The van der Waals surface area contributed by atoms with Crippen molar-refractivity contribution >= 4 is 0 Å². The number of aliphatic hydroxyl groups excluding tert-OH is 1. The lowest BCUT2D eigenvalue weighted by Crippen LogP contribution is -2.53. The van der Waals surface area contributed by atoms with E-state index in [4.69, 9.17) is 4.74 Å². The van der Waals surface area contributed by atoms with E-state index < -0.39 is 0 Å². The highest BCUT2D eigenvalue weighted by Crippen LogP contribution is 2.28. The minimum Gasteiger partial charge on any atom is -0.391 e. The smallest absolute Gasteiger partial charge is 0.0724 e. The number of piperidine rings is 1. The second kappa shape index (κ2) is 5.48. The van der Waals surface area contributed by atoms with Gasteiger partial charge in [0.15, 0.2) is 0 Å². The Bertz CT molecular complexity index is 222. The zero-order valence-corrected chi connectivity index (χ0v) is 10.6. The van der Waals surface area contributed by atoms with Crippen LogP contribution in [0.2, 0.25) is 0 Å². The van der Waals surface area contributed by atoms with Crippen LogP contribution in [0.4, 0.5) is 0 Å². The number of rotatable bonds is 2. The van der Waals surface area contributed by atoms with Gasteiger partial charge in [-0.25, -0.2) is 0 Å². The molecule has 0 aromatic rings. The number of hydrogen-bond acceptors (Lipinski definition) is 3. The monoisotopic (exact) mass is 227 g/mol. The Morgan fingerprint density at radius 3 is 2.62 bits per heavy atom. The molecule has 0 amide bonds. The van der Waals surface area contributed by atoms with Gasteiger partial charge in [-0.2, -0.15) is 0 Å². The van der Waals surface area contributed by atoms with E-state index in [9.17, 15) is 5.11 Å². The van der Waals surface area contributed by atoms with Gasteiger partial charge < -0.3 is 9.84 Å². The number of methoxy groups -OCH3 is 1. The van der Waals surface area contributed by atoms with Crippen LogP contribution in [-0.2, 0) is 4.74 Å². The summed E-state index contributed by atoms with van der Waals surface area (Å²) >= 11 is 0. The quantitative estimate of drug-likeness (QED) is 0.778. The third-order valence-electron chi connectivity index (χ3n) is 4.39. The van der Waals surface area contributed by atoms with E-state index in [0.29, 0.717) is 18.1 Å². The molecule has 3 heteroatoms. The van der Waals surface area contributed by atoms with Crippen LogP contribution in [0.5, 0.6) is 0 Å². The van der Waals surface area contributed by atoms with Crippen molar-refractivity contribution in [3.63, 3.8) is 0 Å². The minimum absolute atomic E-state index is 0.111. The number of hydrogen-bond donors (Lipinski definition) is 1. The fraction of sp³-hybridized carbons (Fsp3) is 1.00. The standard InChI is InChI=1S/C13H25NO2/c1-10-7-8-14(9-13(10)16-2)11-5-3-4-6-12(11)15/h10-13,15H,3-9H2,1-2H3. The fourth-order valence-electron chi connectivity index (χ4n) is 3.18. The van der Waals surface area contributed by atoms with Gasteiger partial charge in [0.1, 0.15) is 0 Å². The van der Waals surface area contributed by atoms with Gasteiger partial charge in [0.2, 0.25) is 0 Å². The summed E-state index contributed by atoms with van der Waals surface area (Å²) in [6.07, 6.45) is 6.03.